The molecule has 4 rings (SSSR count). The van der Waals surface area contributed by atoms with Crippen molar-refractivity contribution in [2.45, 2.75) is 19.4 Å². The van der Waals surface area contributed by atoms with Crippen LogP contribution in [-0.4, -0.2) is 27.9 Å². The number of rotatable bonds is 2. The number of carbonyl (C=O) groups is 1. The summed E-state index contributed by atoms with van der Waals surface area (Å²) in [6.07, 6.45) is 3.34. The smallest absolute Gasteiger partial charge is 0.196 e. The second-order valence-electron chi connectivity index (χ2n) is 6.53. The van der Waals surface area contributed by atoms with Gasteiger partial charge in [-0.2, -0.15) is 0 Å². The highest BCUT2D eigenvalue weighted by molar-refractivity contribution is 6.35. The Hall–Kier alpha value is -2.53. The molecular formula is C18H16ClN3O2. The highest BCUT2D eigenvalue weighted by atomic mass is 35.5. The van der Waals surface area contributed by atoms with Crippen molar-refractivity contribution in [2.24, 2.45) is 0 Å². The van der Waals surface area contributed by atoms with E-state index in [-0.39, 0.29) is 11.3 Å². The Kier molecular flexibility index (Phi) is 3.28. The maximum Gasteiger partial charge on any atom is 0.196 e. The van der Waals surface area contributed by atoms with E-state index in [1.165, 1.54) is 0 Å². The number of fused-ring (bicyclic) bond motifs is 3. The fourth-order valence-electron chi connectivity index (χ4n) is 2.91. The minimum atomic E-state index is -0.233. The second-order valence-corrected chi connectivity index (χ2v) is 6.94. The molecule has 6 heteroatoms. The van der Waals surface area contributed by atoms with Crippen molar-refractivity contribution in [3.05, 3.63) is 52.8 Å². The summed E-state index contributed by atoms with van der Waals surface area (Å²) in [6.45, 7) is 4.63. The number of benzene rings is 1. The van der Waals surface area contributed by atoms with E-state index in [4.69, 9.17) is 16.3 Å². The molecule has 122 valence electrons. The summed E-state index contributed by atoms with van der Waals surface area (Å²) < 4.78 is 5.80. The summed E-state index contributed by atoms with van der Waals surface area (Å²) in [4.78, 5) is 20.4. The third kappa shape index (κ3) is 2.32. The number of nitrogens with one attached hydrogen (secondary N) is 2. The van der Waals surface area contributed by atoms with Crippen molar-refractivity contribution in [1.82, 2.24) is 9.97 Å². The zero-order chi connectivity index (χ0) is 16.9. The minimum absolute atomic E-state index is 0.146. The molecule has 1 aliphatic heterocycles. The average molecular weight is 342 g/mol. The van der Waals surface area contributed by atoms with Crippen molar-refractivity contribution in [3.63, 3.8) is 0 Å². The van der Waals surface area contributed by atoms with Gasteiger partial charge in [-0.05, 0) is 26.0 Å². The van der Waals surface area contributed by atoms with Crippen LogP contribution in [0.5, 0.6) is 5.75 Å². The molecule has 0 bridgehead atoms. The molecule has 0 radical (unpaired) electrons. The van der Waals surface area contributed by atoms with Gasteiger partial charge in [0.05, 0.1) is 33.4 Å². The summed E-state index contributed by atoms with van der Waals surface area (Å²) in [5.74, 6) is 0.502. The Morgan fingerprint density at radius 2 is 2.08 bits per heavy atom. The van der Waals surface area contributed by atoms with Gasteiger partial charge in [0.15, 0.2) is 11.5 Å². The molecule has 0 saturated heterocycles. The maximum absolute atomic E-state index is 13.0. The van der Waals surface area contributed by atoms with Crippen molar-refractivity contribution < 1.29 is 9.53 Å². The third-order valence-corrected chi connectivity index (χ3v) is 4.41. The molecule has 3 aromatic rings. The first-order valence-electron chi connectivity index (χ1n) is 7.66. The van der Waals surface area contributed by atoms with E-state index < -0.39 is 0 Å². The molecule has 0 amide bonds. The van der Waals surface area contributed by atoms with Crippen LogP contribution in [0.2, 0.25) is 5.02 Å². The van der Waals surface area contributed by atoms with Gasteiger partial charge in [-0.25, -0.2) is 4.98 Å². The molecule has 0 unspecified atom stereocenters. The monoisotopic (exact) mass is 341 g/mol. The number of hydrogen-bond donors (Lipinski definition) is 2. The molecule has 2 aromatic heterocycles. The fourth-order valence-corrected chi connectivity index (χ4v) is 3.14. The lowest BCUT2D eigenvalue weighted by Gasteiger charge is -2.33. The molecule has 0 spiro atoms. The molecule has 0 aliphatic carbocycles. The first kappa shape index (κ1) is 15.0. The van der Waals surface area contributed by atoms with Crippen LogP contribution in [0, 0.1) is 0 Å². The molecule has 0 atom stereocenters. The molecule has 0 saturated carbocycles. The van der Waals surface area contributed by atoms with Gasteiger partial charge in [0.1, 0.15) is 12.3 Å². The minimum Gasteiger partial charge on any atom is -0.487 e. The average Bonchev–Trinajstić information content (AvgIpc) is 2.98. The fraction of sp³-hybridized carbons (Fsp3) is 0.222. The van der Waals surface area contributed by atoms with Crippen LogP contribution in [0.1, 0.15) is 29.8 Å². The number of anilines is 1. The van der Waals surface area contributed by atoms with Crippen molar-refractivity contribution >= 4 is 34.1 Å². The van der Waals surface area contributed by atoms with E-state index in [1.807, 2.05) is 13.8 Å². The van der Waals surface area contributed by atoms with E-state index in [0.29, 0.717) is 34.2 Å². The first-order valence-corrected chi connectivity index (χ1v) is 8.04. The van der Waals surface area contributed by atoms with Crippen LogP contribution in [0.15, 0.2) is 36.7 Å². The van der Waals surface area contributed by atoms with Crippen molar-refractivity contribution in [3.8, 4) is 5.75 Å². The molecule has 1 aromatic carbocycles. The van der Waals surface area contributed by atoms with Crippen LogP contribution >= 0.6 is 11.6 Å². The number of halogens is 1. The first-order chi connectivity index (χ1) is 11.5. The number of nitrogens with zero attached hydrogens (tertiary/aromatic N) is 1. The number of pyridine rings is 1. The Balaban J connectivity index is 1.92. The Morgan fingerprint density at radius 1 is 1.29 bits per heavy atom. The van der Waals surface area contributed by atoms with Crippen LogP contribution < -0.4 is 10.1 Å². The predicted molar refractivity (Wildman–Crippen MR) is 94.2 cm³/mol. The van der Waals surface area contributed by atoms with Gasteiger partial charge in [0.25, 0.3) is 0 Å². The van der Waals surface area contributed by atoms with Gasteiger partial charge >= 0.3 is 0 Å². The lowest BCUT2D eigenvalue weighted by molar-refractivity contribution is 0.104. The largest absolute Gasteiger partial charge is 0.487 e. The molecule has 2 N–H and O–H groups in total. The molecule has 24 heavy (non-hydrogen) atoms. The van der Waals surface area contributed by atoms with Crippen LogP contribution in [0.4, 0.5) is 5.69 Å². The predicted octanol–water partition coefficient (Wildman–Crippen LogP) is 4.03. The Morgan fingerprint density at radius 3 is 2.88 bits per heavy atom. The maximum atomic E-state index is 13.0. The highest BCUT2D eigenvalue weighted by Crippen LogP contribution is 2.39. The van der Waals surface area contributed by atoms with E-state index in [0.717, 1.165) is 11.1 Å². The second kappa shape index (κ2) is 5.24. The van der Waals surface area contributed by atoms with E-state index in [9.17, 15) is 4.79 Å². The van der Waals surface area contributed by atoms with Crippen LogP contribution in [-0.2, 0) is 0 Å². The Labute approximate surface area is 144 Å². The number of hydrogen-bond acceptors (Lipinski definition) is 4. The third-order valence-electron chi connectivity index (χ3n) is 4.08. The molecular weight excluding hydrogens is 326 g/mol. The molecule has 1 aliphatic rings. The SMILES string of the molecule is CC1(C)COc2cnc3[nH]cc(C(=O)c4ccccc4Cl)c3c2N1. The summed E-state index contributed by atoms with van der Waals surface area (Å²) >= 11 is 6.19. The lowest BCUT2D eigenvalue weighted by Crippen LogP contribution is -2.41. The Bertz CT molecular complexity index is 962. The number of ether oxygens (including phenoxy) is 1. The van der Waals surface area contributed by atoms with E-state index in [2.05, 4.69) is 15.3 Å². The summed E-state index contributed by atoms with van der Waals surface area (Å²) in [5, 5.41) is 4.61. The summed E-state index contributed by atoms with van der Waals surface area (Å²) in [7, 11) is 0. The zero-order valence-electron chi connectivity index (χ0n) is 13.3. The van der Waals surface area contributed by atoms with Gasteiger partial charge in [-0.1, -0.05) is 23.7 Å². The number of ketones is 1. The van der Waals surface area contributed by atoms with Gasteiger partial charge in [-0.15, -0.1) is 0 Å². The number of aromatic nitrogens is 2. The normalized spacial score (nSPS) is 15.5. The standard InChI is InChI=1S/C18H16ClN3O2/c1-18(2)9-24-13-8-21-17-14(15(13)22-18)11(7-20-17)16(23)10-5-3-4-6-12(10)19/h3-8,22H,9H2,1-2H3,(H,20,21). The van der Waals surface area contributed by atoms with Gasteiger partial charge in [0, 0.05) is 11.8 Å². The highest BCUT2D eigenvalue weighted by Gasteiger charge is 2.30. The van der Waals surface area contributed by atoms with Crippen LogP contribution in [0.25, 0.3) is 11.0 Å². The van der Waals surface area contributed by atoms with E-state index >= 15 is 0 Å². The number of H-pyrrole nitrogens is 1. The summed E-state index contributed by atoms with van der Waals surface area (Å²) in [5.41, 5.74) is 2.18. The zero-order valence-corrected chi connectivity index (χ0v) is 14.1. The van der Waals surface area contributed by atoms with Gasteiger partial charge in [0.2, 0.25) is 0 Å². The summed E-state index contributed by atoms with van der Waals surface area (Å²) in [6, 6.07) is 7.03. The quantitative estimate of drug-likeness (QED) is 0.690. The molecule has 0 fully saturated rings. The van der Waals surface area contributed by atoms with Gasteiger partial charge in [-0.3, -0.25) is 4.79 Å². The van der Waals surface area contributed by atoms with E-state index in [1.54, 1.807) is 36.7 Å². The van der Waals surface area contributed by atoms with Crippen LogP contribution in [0.3, 0.4) is 0 Å². The number of carbonyl (C=O) groups excluding carboxylic acids is 1. The van der Waals surface area contributed by atoms with Crippen molar-refractivity contribution in [2.75, 3.05) is 11.9 Å². The van der Waals surface area contributed by atoms with Gasteiger partial charge < -0.3 is 15.0 Å². The number of aromatic amines is 1. The topological polar surface area (TPSA) is 67.0 Å². The lowest BCUT2D eigenvalue weighted by atomic mass is 9.99. The molecule has 3 heterocycles. The van der Waals surface area contributed by atoms with Crippen molar-refractivity contribution in [1.29, 1.82) is 0 Å². The molecule has 5 nitrogen and oxygen atoms in total.